The zero-order valence-electron chi connectivity index (χ0n) is 11.0. The summed E-state index contributed by atoms with van der Waals surface area (Å²) in [7, 11) is 1.90. The van der Waals surface area contributed by atoms with Crippen LogP contribution in [0.5, 0.6) is 0 Å². The number of nitrogens with one attached hydrogen (secondary N) is 1. The molecule has 0 saturated carbocycles. The van der Waals surface area contributed by atoms with E-state index in [2.05, 4.69) is 33.0 Å². The maximum atomic E-state index is 12.3. The summed E-state index contributed by atoms with van der Waals surface area (Å²) in [4.78, 5) is 14.0. The van der Waals surface area contributed by atoms with Crippen molar-refractivity contribution in [2.45, 2.75) is 6.92 Å². The molecule has 102 valence electrons. The first-order valence-electron chi connectivity index (χ1n) is 6.04. The Hall–Kier alpha value is -1.41. The van der Waals surface area contributed by atoms with Gasteiger partial charge in [0.25, 0.3) is 5.91 Å². The summed E-state index contributed by atoms with van der Waals surface area (Å²) in [6.07, 6.45) is 0. The highest BCUT2D eigenvalue weighted by Crippen LogP contribution is 2.28. The van der Waals surface area contributed by atoms with Crippen molar-refractivity contribution in [3.63, 3.8) is 0 Å². The third-order valence-corrected chi connectivity index (χ3v) is 4.94. The Balaban J connectivity index is 1.88. The fraction of sp³-hybridized carbons (Fsp3) is 0.143. The van der Waals surface area contributed by atoms with E-state index in [-0.39, 0.29) is 5.91 Å². The first kappa shape index (κ1) is 13.6. The molecule has 0 aliphatic rings. The normalized spacial score (nSPS) is 10.9. The Kier molecular flexibility index (Phi) is 3.51. The number of aromatic nitrogens is 2. The summed E-state index contributed by atoms with van der Waals surface area (Å²) in [5.74, 6) is -0.0770. The van der Waals surface area contributed by atoms with Gasteiger partial charge in [-0.3, -0.25) is 9.48 Å². The molecule has 0 aliphatic heterocycles. The van der Waals surface area contributed by atoms with Crippen molar-refractivity contribution < 1.29 is 4.79 Å². The quantitative estimate of drug-likeness (QED) is 0.669. The minimum Gasteiger partial charge on any atom is -0.321 e. The summed E-state index contributed by atoms with van der Waals surface area (Å²) in [5, 5.41) is 8.30. The third-order valence-electron chi connectivity index (χ3n) is 3.02. The molecule has 3 rings (SSSR count). The van der Waals surface area contributed by atoms with Crippen molar-refractivity contribution >= 4 is 55.7 Å². The van der Waals surface area contributed by atoms with Gasteiger partial charge in [0.05, 0.1) is 10.6 Å². The number of anilines is 1. The molecule has 1 N–H and O–H groups in total. The number of carbonyl (C=O) groups is 1. The topological polar surface area (TPSA) is 46.9 Å². The van der Waals surface area contributed by atoms with E-state index in [1.807, 2.05) is 49.0 Å². The van der Waals surface area contributed by atoms with Crippen LogP contribution in [0.1, 0.15) is 15.4 Å². The van der Waals surface area contributed by atoms with Crippen LogP contribution in [0.3, 0.4) is 0 Å². The average Bonchev–Trinajstić information content (AvgIpc) is 2.95. The van der Waals surface area contributed by atoms with Crippen molar-refractivity contribution in [1.29, 1.82) is 0 Å². The van der Waals surface area contributed by atoms with E-state index in [1.165, 1.54) is 11.3 Å². The maximum absolute atomic E-state index is 12.3. The Morgan fingerprint density at radius 2 is 2.05 bits per heavy atom. The first-order chi connectivity index (χ1) is 9.54. The molecule has 0 bridgehead atoms. The number of thiophene rings is 1. The standard InChI is InChI=1S/C14H12IN3OS/c1-8-11-7-12(20-14(11)18(2)17-8)13(19)16-10-5-3-9(15)4-6-10/h3-7H,1-2H3,(H,16,19). The van der Waals surface area contributed by atoms with Gasteiger partial charge in [-0.1, -0.05) is 0 Å². The lowest BCUT2D eigenvalue weighted by molar-refractivity contribution is 0.103. The molecule has 6 heteroatoms. The van der Waals surface area contributed by atoms with Crippen molar-refractivity contribution in [2.24, 2.45) is 7.05 Å². The molecule has 0 saturated heterocycles. The molecule has 2 heterocycles. The first-order valence-corrected chi connectivity index (χ1v) is 7.94. The van der Waals surface area contributed by atoms with Gasteiger partial charge in [-0.05, 0) is 59.8 Å². The Bertz CT molecular complexity index is 754. The Labute approximate surface area is 133 Å². The highest BCUT2D eigenvalue weighted by Gasteiger charge is 2.15. The van der Waals surface area contributed by atoms with E-state index in [1.54, 1.807) is 0 Å². The fourth-order valence-electron chi connectivity index (χ4n) is 2.04. The van der Waals surface area contributed by atoms with Crippen LogP contribution >= 0.6 is 33.9 Å². The highest BCUT2D eigenvalue weighted by molar-refractivity contribution is 14.1. The molecule has 0 aliphatic carbocycles. The van der Waals surface area contributed by atoms with Gasteiger partial charge in [-0.15, -0.1) is 11.3 Å². The predicted molar refractivity (Wildman–Crippen MR) is 90.4 cm³/mol. The second-order valence-corrected chi connectivity index (χ2v) is 6.78. The van der Waals surface area contributed by atoms with E-state index in [4.69, 9.17) is 0 Å². The van der Waals surface area contributed by atoms with Crippen LogP contribution in [0.25, 0.3) is 10.2 Å². The van der Waals surface area contributed by atoms with Gasteiger partial charge in [0, 0.05) is 21.7 Å². The second kappa shape index (κ2) is 5.17. The monoisotopic (exact) mass is 397 g/mol. The lowest BCUT2D eigenvalue weighted by atomic mass is 10.3. The van der Waals surface area contributed by atoms with E-state index < -0.39 is 0 Å². The zero-order valence-corrected chi connectivity index (χ0v) is 13.9. The maximum Gasteiger partial charge on any atom is 0.265 e. The van der Waals surface area contributed by atoms with Crippen LogP contribution in [-0.2, 0) is 7.05 Å². The molecule has 0 spiro atoms. The van der Waals surface area contributed by atoms with E-state index in [0.717, 1.165) is 25.2 Å². The minimum atomic E-state index is -0.0770. The van der Waals surface area contributed by atoms with Crippen molar-refractivity contribution in [3.8, 4) is 0 Å². The largest absolute Gasteiger partial charge is 0.321 e. The van der Waals surface area contributed by atoms with E-state index in [9.17, 15) is 4.79 Å². The summed E-state index contributed by atoms with van der Waals surface area (Å²) in [5.41, 5.74) is 1.76. The number of benzene rings is 1. The number of aryl methyl sites for hydroxylation is 2. The van der Waals surface area contributed by atoms with Gasteiger partial charge in [-0.2, -0.15) is 5.10 Å². The molecule has 1 amide bonds. The van der Waals surface area contributed by atoms with Gasteiger partial charge >= 0.3 is 0 Å². The van der Waals surface area contributed by atoms with Crippen molar-refractivity contribution in [2.75, 3.05) is 5.32 Å². The molecule has 2 aromatic heterocycles. The molecule has 4 nitrogen and oxygen atoms in total. The van der Waals surface area contributed by atoms with Crippen LogP contribution in [0.4, 0.5) is 5.69 Å². The highest BCUT2D eigenvalue weighted by atomic mass is 127. The molecule has 0 unspecified atom stereocenters. The minimum absolute atomic E-state index is 0.0770. The van der Waals surface area contributed by atoms with E-state index in [0.29, 0.717) is 4.88 Å². The predicted octanol–water partition coefficient (Wildman–Crippen LogP) is 3.80. The lowest BCUT2D eigenvalue weighted by Crippen LogP contribution is -2.09. The van der Waals surface area contributed by atoms with Crippen LogP contribution in [0.2, 0.25) is 0 Å². The number of carbonyl (C=O) groups excluding carboxylic acids is 1. The van der Waals surface area contributed by atoms with Gasteiger partial charge in [0.15, 0.2) is 0 Å². The number of hydrogen-bond donors (Lipinski definition) is 1. The summed E-state index contributed by atoms with van der Waals surface area (Å²) < 4.78 is 2.96. The number of rotatable bonds is 2. The van der Waals surface area contributed by atoms with Crippen molar-refractivity contribution in [1.82, 2.24) is 9.78 Å². The molecule has 0 radical (unpaired) electrons. The van der Waals surface area contributed by atoms with Gasteiger partial charge in [0.1, 0.15) is 4.83 Å². The summed E-state index contributed by atoms with van der Waals surface area (Å²) >= 11 is 3.70. The summed E-state index contributed by atoms with van der Waals surface area (Å²) in [6, 6.07) is 9.65. The molecular weight excluding hydrogens is 385 g/mol. The lowest BCUT2D eigenvalue weighted by Gasteiger charge is -2.03. The van der Waals surface area contributed by atoms with Crippen molar-refractivity contribution in [3.05, 3.63) is 44.5 Å². The molecular formula is C14H12IN3OS. The number of nitrogens with zero attached hydrogens (tertiary/aromatic N) is 2. The number of amides is 1. The molecule has 20 heavy (non-hydrogen) atoms. The van der Waals surface area contributed by atoms with Gasteiger partial charge in [-0.25, -0.2) is 0 Å². The second-order valence-electron chi connectivity index (χ2n) is 4.50. The smallest absolute Gasteiger partial charge is 0.265 e. The SMILES string of the molecule is Cc1nn(C)c2sc(C(=O)Nc3ccc(I)cc3)cc12. The molecule has 1 aromatic carbocycles. The van der Waals surface area contributed by atoms with Gasteiger partial charge < -0.3 is 5.32 Å². The zero-order chi connectivity index (χ0) is 14.3. The van der Waals surface area contributed by atoms with Crippen LogP contribution < -0.4 is 5.32 Å². The van der Waals surface area contributed by atoms with Crippen LogP contribution in [-0.4, -0.2) is 15.7 Å². The average molecular weight is 397 g/mol. The molecule has 0 atom stereocenters. The number of hydrogen-bond acceptors (Lipinski definition) is 3. The van der Waals surface area contributed by atoms with Crippen LogP contribution in [0, 0.1) is 10.5 Å². The van der Waals surface area contributed by atoms with Crippen LogP contribution in [0.15, 0.2) is 30.3 Å². The third kappa shape index (κ3) is 2.45. The number of halogens is 1. The number of fused-ring (bicyclic) bond motifs is 1. The Morgan fingerprint density at radius 3 is 2.70 bits per heavy atom. The molecule has 0 fully saturated rings. The van der Waals surface area contributed by atoms with E-state index >= 15 is 0 Å². The Morgan fingerprint density at radius 1 is 1.35 bits per heavy atom. The summed E-state index contributed by atoms with van der Waals surface area (Å²) in [6.45, 7) is 1.95. The van der Waals surface area contributed by atoms with Gasteiger partial charge in [0.2, 0.25) is 0 Å². The molecule has 3 aromatic rings. The fourth-order valence-corrected chi connectivity index (χ4v) is 3.42.